The molecule has 5 rings (SSSR count). The third kappa shape index (κ3) is 4.49. The third-order valence-electron chi connectivity index (χ3n) is 5.87. The van der Waals surface area contributed by atoms with E-state index in [-0.39, 0.29) is 17.5 Å². The molecule has 0 spiro atoms. The number of carboxylic acids is 1. The van der Waals surface area contributed by atoms with Crippen molar-refractivity contribution in [3.63, 3.8) is 0 Å². The monoisotopic (exact) mass is 442 g/mol. The molecule has 0 fully saturated rings. The summed E-state index contributed by atoms with van der Waals surface area (Å²) >= 11 is 0. The average Bonchev–Trinajstić information content (AvgIpc) is 3.34. The minimum absolute atomic E-state index is 0.0387. The van der Waals surface area contributed by atoms with Crippen molar-refractivity contribution in [2.24, 2.45) is 5.92 Å². The lowest BCUT2D eigenvalue weighted by atomic mass is 9.81. The van der Waals surface area contributed by atoms with Crippen LogP contribution in [-0.2, 0) is 12.8 Å². The second kappa shape index (κ2) is 8.88. The molecular weight excluding hydrogens is 420 g/mol. The zero-order valence-electron chi connectivity index (χ0n) is 17.7. The van der Waals surface area contributed by atoms with E-state index in [0.717, 1.165) is 24.3 Å². The van der Waals surface area contributed by atoms with Gasteiger partial charge in [0, 0.05) is 0 Å². The standard InChI is InChI=1S/C26H22N2O5/c29-24(25-27-15-23(33-25)21-7-4-8-22(28-21)26(30)31)18-10-9-17-14-20(12-11-16(17)13-18)32-19-5-2-1-3-6-19/h1-8,11-12,14-15,18,24,29H,9-10,13H2,(H,30,31). The number of fused-ring (bicyclic) bond motifs is 1. The van der Waals surface area contributed by atoms with E-state index >= 15 is 0 Å². The van der Waals surface area contributed by atoms with Crippen LogP contribution in [0.4, 0.5) is 0 Å². The number of aromatic carboxylic acids is 1. The predicted octanol–water partition coefficient (Wildman–Crippen LogP) is 5.07. The maximum absolute atomic E-state index is 11.2. The summed E-state index contributed by atoms with van der Waals surface area (Å²) in [6, 6.07) is 20.4. The van der Waals surface area contributed by atoms with E-state index < -0.39 is 12.1 Å². The lowest BCUT2D eigenvalue weighted by molar-refractivity contribution is 0.0690. The molecule has 166 valence electrons. The highest BCUT2D eigenvalue weighted by Gasteiger charge is 2.29. The zero-order valence-corrected chi connectivity index (χ0v) is 17.7. The Bertz CT molecular complexity index is 1280. The molecule has 4 aromatic rings. The lowest BCUT2D eigenvalue weighted by Crippen LogP contribution is -2.21. The fraction of sp³-hybridized carbons (Fsp3) is 0.192. The van der Waals surface area contributed by atoms with Gasteiger partial charge in [0.2, 0.25) is 5.89 Å². The highest BCUT2D eigenvalue weighted by molar-refractivity contribution is 5.85. The third-order valence-corrected chi connectivity index (χ3v) is 5.87. The van der Waals surface area contributed by atoms with Gasteiger partial charge in [0.1, 0.15) is 29.0 Å². The Morgan fingerprint density at radius 2 is 1.88 bits per heavy atom. The number of nitrogens with zero attached hydrogens (tertiary/aromatic N) is 2. The largest absolute Gasteiger partial charge is 0.477 e. The summed E-state index contributed by atoms with van der Waals surface area (Å²) in [5.74, 6) is 0.978. The summed E-state index contributed by atoms with van der Waals surface area (Å²) in [6.07, 6.45) is 2.91. The molecule has 7 nitrogen and oxygen atoms in total. The van der Waals surface area contributed by atoms with Crippen LogP contribution in [0.15, 0.2) is 77.3 Å². The van der Waals surface area contributed by atoms with Crippen LogP contribution in [0.3, 0.4) is 0 Å². The van der Waals surface area contributed by atoms with Crippen molar-refractivity contribution in [3.05, 3.63) is 95.6 Å². The van der Waals surface area contributed by atoms with Gasteiger partial charge >= 0.3 is 5.97 Å². The lowest BCUT2D eigenvalue weighted by Gasteiger charge is -2.27. The molecule has 0 aliphatic heterocycles. The van der Waals surface area contributed by atoms with E-state index in [4.69, 9.17) is 14.3 Å². The Balaban J connectivity index is 1.29. The van der Waals surface area contributed by atoms with E-state index in [1.807, 2.05) is 36.4 Å². The fourth-order valence-corrected chi connectivity index (χ4v) is 4.15. The first-order valence-electron chi connectivity index (χ1n) is 10.8. The summed E-state index contributed by atoms with van der Waals surface area (Å²) in [5, 5.41) is 20.1. The van der Waals surface area contributed by atoms with Crippen molar-refractivity contribution in [1.29, 1.82) is 0 Å². The van der Waals surface area contributed by atoms with Gasteiger partial charge in [0.15, 0.2) is 5.76 Å². The molecule has 0 saturated heterocycles. The number of aromatic nitrogens is 2. The fourth-order valence-electron chi connectivity index (χ4n) is 4.15. The molecule has 2 N–H and O–H groups in total. The van der Waals surface area contributed by atoms with Crippen LogP contribution in [0.25, 0.3) is 11.5 Å². The average molecular weight is 442 g/mol. The highest BCUT2D eigenvalue weighted by atomic mass is 16.5. The minimum Gasteiger partial charge on any atom is -0.477 e. The molecule has 7 heteroatoms. The van der Waals surface area contributed by atoms with Crippen LogP contribution in [0.2, 0.25) is 0 Å². The second-order valence-corrected chi connectivity index (χ2v) is 8.07. The predicted molar refractivity (Wildman–Crippen MR) is 120 cm³/mol. The van der Waals surface area contributed by atoms with Gasteiger partial charge in [-0.3, -0.25) is 0 Å². The maximum atomic E-state index is 11.2. The number of hydrogen-bond acceptors (Lipinski definition) is 6. The number of ether oxygens (including phenoxy) is 1. The molecule has 2 unspecified atom stereocenters. The van der Waals surface area contributed by atoms with E-state index in [2.05, 4.69) is 22.1 Å². The van der Waals surface area contributed by atoms with Crippen molar-refractivity contribution < 1.29 is 24.2 Å². The molecule has 2 heterocycles. The molecule has 1 aliphatic carbocycles. The molecule has 0 radical (unpaired) electrons. The van der Waals surface area contributed by atoms with Gasteiger partial charge in [-0.1, -0.05) is 30.3 Å². The van der Waals surface area contributed by atoms with Crippen molar-refractivity contribution in [1.82, 2.24) is 9.97 Å². The van der Waals surface area contributed by atoms with Gasteiger partial charge in [-0.15, -0.1) is 0 Å². The van der Waals surface area contributed by atoms with Gasteiger partial charge < -0.3 is 19.4 Å². The number of aliphatic hydroxyl groups excluding tert-OH is 1. The Morgan fingerprint density at radius 1 is 1.03 bits per heavy atom. The first kappa shape index (κ1) is 20.9. The molecule has 0 amide bonds. The number of oxazole rings is 1. The molecule has 0 saturated carbocycles. The number of carbonyl (C=O) groups is 1. The van der Waals surface area contributed by atoms with Crippen LogP contribution < -0.4 is 4.74 Å². The van der Waals surface area contributed by atoms with Crippen LogP contribution >= 0.6 is 0 Å². The molecule has 33 heavy (non-hydrogen) atoms. The van der Waals surface area contributed by atoms with Crippen LogP contribution in [0.1, 0.15) is 40.0 Å². The van der Waals surface area contributed by atoms with Gasteiger partial charge in [0.05, 0.1) is 6.20 Å². The number of hydrogen-bond donors (Lipinski definition) is 2. The van der Waals surface area contributed by atoms with Crippen molar-refractivity contribution in [2.75, 3.05) is 0 Å². The summed E-state index contributed by atoms with van der Waals surface area (Å²) in [7, 11) is 0. The molecule has 2 aromatic heterocycles. The first-order chi connectivity index (χ1) is 16.1. The Kier molecular flexibility index (Phi) is 5.62. The molecule has 2 atom stereocenters. The Morgan fingerprint density at radius 3 is 2.70 bits per heavy atom. The van der Waals surface area contributed by atoms with Crippen molar-refractivity contribution in [2.45, 2.75) is 25.4 Å². The number of pyridine rings is 1. The molecule has 2 aromatic carbocycles. The SMILES string of the molecule is O=C(O)c1cccc(-c2cnc(C(O)C3CCc4cc(Oc5ccccc5)ccc4C3)o2)n1. The topological polar surface area (TPSA) is 106 Å². The van der Waals surface area contributed by atoms with Gasteiger partial charge in [-0.25, -0.2) is 14.8 Å². The smallest absolute Gasteiger partial charge is 0.354 e. The summed E-state index contributed by atoms with van der Waals surface area (Å²) in [4.78, 5) is 19.5. The van der Waals surface area contributed by atoms with E-state index in [1.165, 1.54) is 23.4 Å². The van der Waals surface area contributed by atoms with Crippen LogP contribution in [0.5, 0.6) is 11.5 Å². The highest BCUT2D eigenvalue weighted by Crippen LogP contribution is 2.36. The molecule has 0 bridgehead atoms. The van der Waals surface area contributed by atoms with Gasteiger partial charge in [-0.2, -0.15) is 0 Å². The normalized spacial score (nSPS) is 16.1. The number of aliphatic hydroxyl groups is 1. The van der Waals surface area contributed by atoms with E-state index in [0.29, 0.717) is 17.9 Å². The summed E-state index contributed by atoms with van der Waals surface area (Å²) in [5.41, 5.74) is 2.68. The van der Waals surface area contributed by atoms with Gasteiger partial charge in [0.25, 0.3) is 0 Å². The summed E-state index contributed by atoms with van der Waals surface area (Å²) < 4.78 is 11.7. The number of para-hydroxylation sites is 1. The van der Waals surface area contributed by atoms with E-state index in [1.54, 1.807) is 12.1 Å². The maximum Gasteiger partial charge on any atom is 0.354 e. The zero-order chi connectivity index (χ0) is 22.8. The number of benzene rings is 2. The number of carboxylic acid groups (broad SMARTS) is 1. The first-order valence-corrected chi connectivity index (χ1v) is 10.8. The minimum atomic E-state index is -1.12. The molecular formula is C26H22N2O5. The molecule has 1 aliphatic rings. The number of rotatable bonds is 6. The number of aryl methyl sites for hydroxylation is 1. The van der Waals surface area contributed by atoms with Crippen molar-refractivity contribution >= 4 is 5.97 Å². The van der Waals surface area contributed by atoms with Crippen LogP contribution in [0, 0.1) is 5.92 Å². The van der Waals surface area contributed by atoms with E-state index in [9.17, 15) is 9.90 Å². The Labute approximate surface area is 190 Å². The summed E-state index contributed by atoms with van der Waals surface area (Å²) in [6.45, 7) is 0. The second-order valence-electron chi connectivity index (χ2n) is 8.07. The van der Waals surface area contributed by atoms with Gasteiger partial charge in [-0.05, 0) is 72.7 Å². The van der Waals surface area contributed by atoms with Crippen LogP contribution in [-0.4, -0.2) is 26.2 Å². The Hall–Kier alpha value is -3.97. The quantitative estimate of drug-likeness (QED) is 0.430. The van der Waals surface area contributed by atoms with Crippen molar-refractivity contribution in [3.8, 4) is 23.0 Å².